The van der Waals surface area contributed by atoms with Crippen molar-refractivity contribution in [2.75, 3.05) is 26.2 Å². The number of carbonyl (C=O) groups excluding carboxylic acids is 1. The molecule has 1 atom stereocenters. The quantitative estimate of drug-likeness (QED) is 0.837. The summed E-state index contributed by atoms with van der Waals surface area (Å²) in [6.45, 7) is 3.43. The molecule has 5 heteroatoms. The molecular weight excluding hydrogens is 238 g/mol. The molecule has 0 radical (unpaired) electrons. The Morgan fingerprint density at radius 2 is 1.88 bits per heavy atom. The third-order valence-electron chi connectivity index (χ3n) is 2.97. The average molecular weight is 254 g/mol. The zero-order valence-electron chi connectivity index (χ0n) is 9.53. The first-order chi connectivity index (χ1) is 8.18. The van der Waals surface area contributed by atoms with Crippen LogP contribution in [0.2, 0.25) is 5.02 Å². The number of nitrogens with two attached hydrogens (primary N) is 1. The maximum Gasteiger partial charge on any atom is 0.239 e. The van der Waals surface area contributed by atoms with Gasteiger partial charge in [-0.05, 0) is 17.7 Å². The number of hydrogen-bond acceptors (Lipinski definition) is 3. The monoisotopic (exact) mass is 253 g/mol. The third-order valence-corrected chi connectivity index (χ3v) is 3.22. The van der Waals surface area contributed by atoms with E-state index in [1.807, 2.05) is 12.1 Å². The highest BCUT2D eigenvalue weighted by molar-refractivity contribution is 6.30. The van der Waals surface area contributed by atoms with Gasteiger partial charge in [-0.25, -0.2) is 0 Å². The van der Waals surface area contributed by atoms with Gasteiger partial charge in [0.1, 0.15) is 6.04 Å². The topological polar surface area (TPSA) is 58.4 Å². The number of hydrogen-bond donors (Lipinski definition) is 2. The van der Waals surface area contributed by atoms with Crippen molar-refractivity contribution in [1.82, 2.24) is 10.2 Å². The molecule has 0 bridgehead atoms. The molecule has 2 rings (SSSR count). The zero-order valence-corrected chi connectivity index (χ0v) is 10.3. The smallest absolute Gasteiger partial charge is 0.239 e. The lowest BCUT2D eigenvalue weighted by Crippen LogP contribution is -2.48. The molecule has 4 nitrogen and oxygen atoms in total. The molecule has 17 heavy (non-hydrogen) atoms. The van der Waals surface area contributed by atoms with Crippen LogP contribution in [0.3, 0.4) is 0 Å². The van der Waals surface area contributed by atoms with E-state index in [9.17, 15) is 4.79 Å². The number of carbonyl (C=O) groups is 1. The molecule has 0 aliphatic carbocycles. The van der Waals surface area contributed by atoms with Gasteiger partial charge in [0, 0.05) is 31.2 Å². The van der Waals surface area contributed by atoms with Gasteiger partial charge in [0.2, 0.25) is 5.91 Å². The van der Waals surface area contributed by atoms with Crippen LogP contribution in [0.15, 0.2) is 24.3 Å². The fourth-order valence-electron chi connectivity index (χ4n) is 2.14. The van der Waals surface area contributed by atoms with Crippen LogP contribution in [0.25, 0.3) is 0 Å². The standard InChI is InChI=1S/C12H16ClN3O/c13-10-3-1-9(2-4-10)11(12(14)17)16-7-5-15-6-8-16/h1-4,11,15H,5-8H2,(H2,14,17)/t11-/m1/s1. The molecule has 1 fully saturated rings. The minimum atomic E-state index is -0.352. The lowest BCUT2D eigenvalue weighted by Gasteiger charge is -2.33. The Kier molecular flexibility index (Phi) is 3.99. The first kappa shape index (κ1) is 12.4. The number of nitrogens with zero attached hydrogens (tertiary/aromatic N) is 1. The van der Waals surface area contributed by atoms with Crippen molar-refractivity contribution in [3.8, 4) is 0 Å². The Bertz CT molecular complexity index is 387. The van der Waals surface area contributed by atoms with Gasteiger partial charge in [-0.1, -0.05) is 23.7 Å². The third kappa shape index (κ3) is 2.97. The predicted octanol–water partition coefficient (Wildman–Crippen LogP) is 0.772. The summed E-state index contributed by atoms with van der Waals surface area (Å²) in [4.78, 5) is 13.7. The summed E-state index contributed by atoms with van der Waals surface area (Å²) >= 11 is 5.84. The van der Waals surface area contributed by atoms with E-state index in [1.54, 1.807) is 12.1 Å². The zero-order chi connectivity index (χ0) is 12.3. The van der Waals surface area contributed by atoms with Gasteiger partial charge in [0.25, 0.3) is 0 Å². The van der Waals surface area contributed by atoms with Crippen molar-refractivity contribution in [2.24, 2.45) is 5.73 Å². The molecule has 1 saturated heterocycles. The van der Waals surface area contributed by atoms with Gasteiger partial charge in [0.05, 0.1) is 0 Å². The van der Waals surface area contributed by atoms with Crippen LogP contribution in [0.1, 0.15) is 11.6 Å². The van der Waals surface area contributed by atoms with Crippen LogP contribution in [-0.2, 0) is 4.79 Å². The average Bonchev–Trinajstić information content (AvgIpc) is 2.33. The highest BCUT2D eigenvalue weighted by Crippen LogP contribution is 2.22. The lowest BCUT2D eigenvalue weighted by atomic mass is 10.0. The van der Waals surface area contributed by atoms with E-state index in [-0.39, 0.29) is 11.9 Å². The Morgan fingerprint density at radius 1 is 1.29 bits per heavy atom. The number of nitrogens with one attached hydrogen (secondary N) is 1. The number of piperazine rings is 1. The van der Waals surface area contributed by atoms with Gasteiger partial charge in [-0.2, -0.15) is 0 Å². The van der Waals surface area contributed by atoms with Crippen LogP contribution in [0.5, 0.6) is 0 Å². The largest absolute Gasteiger partial charge is 0.368 e. The molecule has 1 aliphatic heterocycles. The van der Waals surface area contributed by atoms with Gasteiger partial charge in [0.15, 0.2) is 0 Å². The summed E-state index contributed by atoms with van der Waals surface area (Å²) in [7, 11) is 0. The maximum absolute atomic E-state index is 11.6. The first-order valence-corrected chi connectivity index (χ1v) is 6.06. The Morgan fingerprint density at radius 3 is 2.41 bits per heavy atom. The molecule has 0 spiro atoms. The molecule has 1 aromatic rings. The number of primary amides is 1. The van der Waals surface area contributed by atoms with Crippen LogP contribution in [0.4, 0.5) is 0 Å². The van der Waals surface area contributed by atoms with E-state index in [2.05, 4.69) is 10.2 Å². The number of benzene rings is 1. The Balaban J connectivity index is 2.21. The SMILES string of the molecule is NC(=O)[C@@H](c1ccc(Cl)cc1)N1CCNCC1. The van der Waals surface area contributed by atoms with E-state index in [0.717, 1.165) is 31.7 Å². The number of halogens is 1. The van der Waals surface area contributed by atoms with Crippen LogP contribution in [-0.4, -0.2) is 37.0 Å². The van der Waals surface area contributed by atoms with Crippen LogP contribution in [0, 0.1) is 0 Å². The molecular formula is C12H16ClN3O. The second-order valence-electron chi connectivity index (χ2n) is 4.14. The summed E-state index contributed by atoms with van der Waals surface area (Å²) < 4.78 is 0. The molecule has 1 heterocycles. The normalized spacial score (nSPS) is 18.9. The predicted molar refractivity (Wildman–Crippen MR) is 67.8 cm³/mol. The highest BCUT2D eigenvalue weighted by Gasteiger charge is 2.26. The van der Waals surface area contributed by atoms with Crippen LogP contribution >= 0.6 is 11.6 Å². The molecule has 0 unspecified atom stereocenters. The van der Waals surface area contributed by atoms with Crippen molar-refractivity contribution in [3.05, 3.63) is 34.9 Å². The lowest BCUT2D eigenvalue weighted by molar-refractivity contribution is -0.123. The summed E-state index contributed by atoms with van der Waals surface area (Å²) in [6.07, 6.45) is 0. The minimum Gasteiger partial charge on any atom is -0.368 e. The molecule has 1 aromatic carbocycles. The van der Waals surface area contributed by atoms with Crippen LogP contribution < -0.4 is 11.1 Å². The van der Waals surface area contributed by atoms with E-state index in [0.29, 0.717) is 5.02 Å². The van der Waals surface area contributed by atoms with Crippen molar-refractivity contribution in [1.29, 1.82) is 0 Å². The first-order valence-electron chi connectivity index (χ1n) is 5.68. The van der Waals surface area contributed by atoms with Gasteiger partial charge >= 0.3 is 0 Å². The fraction of sp³-hybridized carbons (Fsp3) is 0.417. The minimum absolute atomic E-state index is 0.311. The summed E-state index contributed by atoms with van der Waals surface area (Å²) in [5.41, 5.74) is 6.41. The summed E-state index contributed by atoms with van der Waals surface area (Å²) in [5, 5.41) is 3.92. The molecule has 1 amide bonds. The maximum atomic E-state index is 11.6. The second-order valence-corrected chi connectivity index (χ2v) is 4.58. The van der Waals surface area contributed by atoms with Gasteiger partial charge < -0.3 is 11.1 Å². The van der Waals surface area contributed by atoms with Gasteiger partial charge in [-0.15, -0.1) is 0 Å². The number of rotatable bonds is 3. The molecule has 1 aliphatic rings. The molecule has 0 aromatic heterocycles. The Hall–Kier alpha value is -1.10. The van der Waals surface area contributed by atoms with E-state index < -0.39 is 0 Å². The highest BCUT2D eigenvalue weighted by atomic mass is 35.5. The molecule has 0 saturated carbocycles. The second kappa shape index (κ2) is 5.49. The van der Waals surface area contributed by atoms with Crippen molar-refractivity contribution in [3.63, 3.8) is 0 Å². The van der Waals surface area contributed by atoms with Crippen molar-refractivity contribution >= 4 is 17.5 Å². The van der Waals surface area contributed by atoms with E-state index >= 15 is 0 Å². The van der Waals surface area contributed by atoms with E-state index in [1.165, 1.54) is 0 Å². The molecule has 92 valence electrons. The van der Waals surface area contributed by atoms with Gasteiger partial charge in [-0.3, -0.25) is 9.69 Å². The van der Waals surface area contributed by atoms with Crippen molar-refractivity contribution in [2.45, 2.75) is 6.04 Å². The fourth-order valence-corrected chi connectivity index (χ4v) is 2.27. The number of amides is 1. The van der Waals surface area contributed by atoms with E-state index in [4.69, 9.17) is 17.3 Å². The summed E-state index contributed by atoms with van der Waals surface area (Å²) in [6, 6.07) is 6.94. The molecule has 3 N–H and O–H groups in total. The Labute approximate surface area is 106 Å². The van der Waals surface area contributed by atoms with Crippen molar-refractivity contribution < 1.29 is 4.79 Å². The summed E-state index contributed by atoms with van der Waals surface area (Å²) in [5.74, 6) is -0.311.